The van der Waals surface area contributed by atoms with Gasteiger partial charge in [0.05, 0.1) is 6.54 Å². The van der Waals surface area contributed by atoms with E-state index in [-0.39, 0.29) is 0 Å². The van der Waals surface area contributed by atoms with Crippen LogP contribution in [0.3, 0.4) is 0 Å². The summed E-state index contributed by atoms with van der Waals surface area (Å²) < 4.78 is 26.5. The molecule has 2 fully saturated rings. The van der Waals surface area contributed by atoms with Crippen LogP contribution >= 0.6 is 23.1 Å². The van der Waals surface area contributed by atoms with E-state index in [0.29, 0.717) is 15.5 Å². The Morgan fingerprint density at radius 1 is 1.30 bits per heavy atom. The van der Waals surface area contributed by atoms with Gasteiger partial charge < -0.3 is 10.2 Å². The van der Waals surface area contributed by atoms with Gasteiger partial charge in [0.15, 0.2) is 5.96 Å². The molecule has 1 aromatic heterocycles. The molecule has 152 valence electrons. The Bertz CT molecular complexity index is 762. The molecule has 1 aliphatic heterocycles. The molecule has 9 heteroatoms. The van der Waals surface area contributed by atoms with Gasteiger partial charge >= 0.3 is 0 Å². The maximum absolute atomic E-state index is 12.2. The fraction of sp³-hybridized carbons (Fsp3) is 0.722. The van der Waals surface area contributed by atoms with Gasteiger partial charge in [0.25, 0.3) is 10.0 Å². The average Bonchev–Trinajstić information content (AvgIpc) is 3.13. The highest BCUT2D eigenvalue weighted by atomic mass is 32.2. The van der Waals surface area contributed by atoms with Gasteiger partial charge in [0.1, 0.15) is 4.21 Å². The number of rotatable bonds is 4. The number of aliphatic imine (C=N–C) groups is 1. The molecule has 1 saturated carbocycles. The van der Waals surface area contributed by atoms with Crippen molar-refractivity contribution in [3.05, 3.63) is 17.0 Å². The van der Waals surface area contributed by atoms with Crippen molar-refractivity contribution >= 4 is 39.1 Å². The van der Waals surface area contributed by atoms with Gasteiger partial charge in [-0.25, -0.2) is 12.7 Å². The summed E-state index contributed by atoms with van der Waals surface area (Å²) in [4.78, 5) is 7.87. The van der Waals surface area contributed by atoms with E-state index < -0.39 is 10.0 Å². The Balaban J connectivity index is 1.62. The number of guanidine groups is 1. The van der Waals surface area contributed by atoms with Crippen molar-refractivity contribution in [3.63, 3.8) is 0 Å². The molecule has 0 aromatic carbocycles. The van der Waals surface area contributed by atoms with Crippen molar-refractivity contribution in [3.8, 4) is 0 Å². The van der Waals surface area contributed by atoms with Gasteiger partial charge in [-0.15, -0.1) is 11.3 Å². The molecule has 0 bridgehead atoms. The van der Waals surface area contributed by atoms with Crippen LogP contribution in [-0.4, -0.2) is 68.3 Å². The van der Waals surface area contributed by atoms with E-state index in [2.05, 4.69) is 27.0 Å². The maximum Gasteiger partial charge on any atom is 0.252 e. The molecule has 0 radical (unpaired) electrons. The number of thiophene rings is 1. The lowest BCUT2D eigenvalue weighted by Crippen LogP contribution is -2.53. The summed E-state index contributed by atoms with van der Waals surface area (Å²) in [6, 6.07) is 3.57. The van der Waals surface area contributed by atoms with Crippen molar-refractivity contribution in [2.24, 2.45) is 4.99 Å². The molecule has 2 aliphatic rings. The first kappa shape index (κ1) is 21.0. The molecule has 3 rings (SSSR count). The van der Waals surface area contributed by atoms with Crippen molar-refractivity contribution in [1.29, 1.82) is 0 Å². The van der Waals surface area contributed by atoms with E-state index in [9.17, 15) is 8.42 Å². The molecule has 1 saturated heterocycles. The predicted octanol–water partition coefficient (Wildman–Crippen LogP) is 2.83. The third kappa shape index (κ3) is 4.81. The van der Waals surface area contributed by atoms with Gasteiger partial charge in [0, 0.05) is 49.6 Å². The Morgan fingerprint density at radius 2 is 2.04 bits per heavy atom. The molecular weight excluding hydrogens is 400 g/mol. The standard InChI is InChI=1S/C18H30N4O2S3/c1-19-17(22-11-12-25-18(14-22)9-5-4-6-10-18)20-13-15-7-8-16(26-15)27(23,24)21(2)3/h7-8H,4-6,9-14H2,1-3H3,(H,19,20). The molecule has 1 N–H and O–H groups in total. The zero-order valence-electron chi connectivity index (χ0n) is 16.4. The molecule has 1 aliphatic carbocycles. The van der Waals surface area contributed by atoms with Crippen LogP contribution in [0.5, 0.6) is 0 Å². The minimum atomic E-state index is -3.36. The maximum atomic E-state index is 12.2. The zero-order chi connectivity index (χ0) is 19.5. The highest BCUT2D eigenvalue weighted by Gasteiger charge is 2.38. The molecule has 27 heavy (non-hydrogen) atoms. The average molecular weight is 431 g/mol. The Morgan fingerprint density at radius 3 is 2.70 bits per heavy atom. The summed E-state index contributed by atoms with van der Waals surface area (Å²) in [7, 11) is 1.59. The van der Waals surface area contributed by atoms with Gasteiger partial charge in [-0.05, 0) is 25.0 Å². The van der Waals surface area contributed by atoms with Crippen LogP contribution in [0.1, 0.15) is 37.0 Å². The Kier molecular flexibility index (Phi) is 6.76. The lowest BCUT2D eigenvalue weighted by molar-refractivity contribution is 0.293. The quantitative estimate of drug-likeness (QED) is 0.588. The molecule has 2 heterocycles. The summed E-state index contributed by atoms with van der Waals surface area (Å²) >= 11 is 3.47. The highest BCUT2D eigenvalue weighted by molar-refractivity contribution is 8.00. The SMILES string of the molecule is CN=C(NCc1ccc(S(=O)(=O)N(C)C)s1)N1CCSC2(CCCCC2)C1. The first-order valence-electron chi connectivity index (χ1n) is 9.47. The zero-order valence-corrected chi connectivity index (χ0v) is 18.9. The van der Waals surface area contributed by atoms with Gasteiger partial charge in [-0.1, -0.05) is 19.3 Å². The van der Waals surface area contributed by atoms with Gasteiger partial charge in [0.2, 0.25) is 0 Å². The summed E-state index contributed by atoms with van der Waals surface area (Å²) in [5.41, 5.74) is 0. The smallest absolute Gasteiger partial charge is 0.252 e. The van der Waals surface area contributed by atoms with Crippen LogP contribution in [0.25, 0.3) is 0 Å². The Hall–Kier alpha value is -0.770. The molecular formula is C18H30N4O2S3. The van der Waals surface area contributed by atoms with Gasteiger partial charge in [-0.2, -0.15) is 11.8 Å². The molecule has 0 unspecified atom stereocenters. The minimum Gasteiger partial charge on any atom is -0.351 e. The molecule has 1 aromatic rings. The summed E-state index contributed by atoms with van der Waals surface area (Å²) in [6.45, 7) is 2.66. The summed E-state index contributed by atoms with van der Waals surface area (Å²) in [5.74, 6) is 2.07. The largest absolute Gasteiger partial charge is 0.351 e. The first-order chi connectivity index (χ1) is 12.9. The highest BCUT2D eigenvalue weighted by Crippen LogP contribution is 2.42. The van der Waals surface area contributed by atoms with Crippen LogP contribution in [0.2, 0.25) is 0 Å². The van der Waals surface area contributed by atoms with E-state index in [1.165, 1.54) is 47.7 Å². The summed E-state index contributed by atoms with van der Waals surface area (Å²) in [5, 5.41) is 3.44. The fourth-order valence-corrected chi connectivity index (χ4v) is 7.83. The number of nitrogens with one attached hydrogen (secondary N) is 1. The first-order valence-corrected chi connectivity index (χ1v) is 12.7. The second kappa shape index (κ2) is 8.71. The molecule has 6 nitrogen and oxygen atoms in total. The van der Waals surface area contributed by atoms with E-state index in [1.54, 1.807) is 20.2 Å². The third-order valence-electron chi connectivity index (χ3n) is 5.32. The molecule has 1 spiro atoms. The van der Waals surface area contributed by atoms with E-state index in [4.69, 9.17) is 0 Å². The lowest BCUT2D eigenvalue weighted by atomic mass is 9.87. The van der Waals surface area contributed by atoms with Crippen LogP contribution < -0.4 is 5.32 Å². The van der Waals surface area contributed by atoms with Crippen LogP contribution in [0.15, 0.2) is 21.3 Å². The van der Waals surface area contributed by atoms with E-state index in [0.717, 1.165) is 29.7 Å². The molecule has 0 atom stereocenters. The fourth-order valence-electron chi connectivity index (χ4n) is 3.79. The molecule has 0 amide bonds. The van der Waals surface area contributed by atoms with Crippen LogP contribution in [-0.2, 0) is 16.6 Å². The number of thioether (sulfide) groups is 1. The minimum absolute atomic E-state index is 0.384. The normalized spacial score (nSPS) is 21.0. The van der Waals surface area contributed by atoms with E-state index >= 15 is 0 Å². The second-order valence-electron chi connectivity index (χ2n) is 7.42. The van der Waals surface area contributed by atoms with Gasteiger partial charge in [-0.3, -0.25) is 4.99 Å². The van der Waals surface area contributed by atoms with E-state index in [1.807, 2.05) is 13.1 Å². The number of sulfonamides is 1. The second-order valence-corrected chi connectivity index (χ2v) is 12.5. The Labute approximate surface area is 171 Å². The topological polar surface area (TPSA) is 65.0 Å². The number of nitrogens with zero attached hydrogens (tertiary/aromatic N) is 3. The lowest BCUT2D eigenvalue weighted by Gasteiger charge is -2.45. The van der Waals surface area contributed by atoms with Crippen LogP contribution in [0.4, 0.5) is 0 Å². The number of hydrogen-bond donors (Lipinski definition) is 1. The predicted molar refractivity (Wildman–Crippen MR) is 115 cm³/mol. The van der Waals surface area contributed by atoms with Crippen molar-refractivity contribution in [2.45, 2.75) is 47.6 Å². The third-order valence-corrected chi connectivity index (χ3v) is 10.2. The monoisotopic (exact) mass is 430 g/mol. The summed E-state index contributed by atoms with van der Waals surface area (Å²) in [6.07, 6.45) is 6.66. The van der Waals surface area contributed by atoms with Crippen molar-refractivity contribution in [2.75, 3.05) is 40.0 Å². The van der Waals surface area contributed by atoms with Crippen LogP contribution in [0, 0.1) is 0 Å². The van der Waals surface area contributed by atoms with Crippen molar-refractivity contribution in [1.82, 2.24) is 14.5 Å². The number of hydrogen-bond acceptors (Lipinski definition) is 5. The van der Waals surface area contributed by atoms with Crippen molar-refractivity contribution < 1.29 is 8.42 Å².